The van der Waals surface area contributed by atoms with Gasteiger partial charge in [0.1, 0.15) is 0 Å². The van der Waals surface area contributed by atoms with E-state index in [0.29, 0.717) is 6.04 Å². The maximum absolute atomic E-state index is 5.24. The Labute approximate surface area is 93.5 Å². The van der Waals surface area contributed by atoms with Gasteiger partial charge in [-0.05, 0) is 38.5 Å². The highest BCUT2D eigenvalue weighted by Gasteiger charge is 2.23. The highest BCUT2D eigenvalue weighted by Crippen LogP contribution is 2.23. The second kappa shape index (κ2) is 6.46. The number of nitrogens with one attached hydrogen (secondary N) is 1. The first-order valence-electron chi connectivity index (χ1n) is 5.99. The third-order valence-corrected chi connectivity index (χ3v) is 3.39. The highest BCUT2D eigenvalue weighted by molar-refractivity contribution is 4.78. The molecule has 0 bridgehead atoms. The molecular weight excluding hydrogens is 190 g/mol. The maximum atomic E-state index is 5.24. The maximum Gasteiger partial charge on any atom is 0.171 e. The topological polar surface area (TPSA) is 30.5 Å². The lowest BCUT2D eigenvalue weighted by molar-refractivity contribution is -0.121. The van der Waals surface area contributed by atoms with E-state index in [1.807, 2.05) is 0 Å². The fraction of sp³-hybridized carbons (Fsp3) is 1.00. The first-order valence-corrected chi connectivity index (χ1v) is 5.99. The summed E-state index contributed by atoms with van der Waals surface area (Å²) in [5, 5.41) is 3.59. The van der Waals surface area contributed by atoms with Gasteiger partial charge in [-0.2, -0.15) is 0 Å². The molecule has 0 saturated heterocycles. The number of ether oxygens (including phenoxy) is 2. The van der Waals surface area contributed by atoms with Crippen molar-refractivity contribution in [3.05, 3.63) is 0 Å². The number of methoxy groups -OCH3 is 2. The molecule has 1 unspecified atom stereocenters. The second-order valence-electron chi connectivity index (χ2n) is 4.75. The Morgan fingerprint density at radius 1 is 1.07 bits per heavy atom. The van der Waals surface area contributed by atoms with Gasteiger partial charge in [0.05, 0.1) is 6.04 Å². The van der Waals surface area contributed by atoms with Gasteiger partial charge in [-0.1, -0.05) is 6.92 Å². The van der Waals surface area contributed by atoms with E-state index < -0.39 is 0 Å². The number of rotatable bonds is 5. The quantitative estimate of drug-likeness (QED) is 0.713. The summed E-state index contributed by atoms with van der Waals surface area (Å²) in [6, 6.07) is 0.905. The van der Waals surface area contributed by atoms with Crippen LogP contribution >= 0.6 is 0 Å². The molecule has 1 N–H and O–H groups in total. The van der Waals surface area contributed by atoms with E-state index in [1.54, 1.807) is 14.2 Å². The monoisotopic (exact) mass is 215 g/mol. The molecule has 0 radical (unpaired) electrons. The Kier molecular flexibility index (Phi) is 5.58. The van der Waals surface area contributed by atoms with Crippen LogP contribution in [0.4, 0.5) is 0 Å². The predicted molar refractivity (Wildman–Crippen MR) is 61.8 cm³/mol. The van der Waals surface area contributed by atoms with Gasteiger partial charge in [-0.15, -0.1) is 0 Å². The van der Waals surface area contributed by atoms with Crippen molar-refractivity contribution in [2.24, 2.45) is 5.92 Å². The summed E-state index contributed by atoms with van der Waals surface area (Å²) < 4.78 is 10.5. The molecule has 1 fully saturated rings. The minimum atomic E-state index is -0.135. The van der Waals surface area contributed by atoms with E-state index in [1.165, 1.54) is 25.7 Å². The number of hydrogen-bond donors (Lipinski definition) is 1. The predicted octanol–water partition coefficient (Wildman–Crippen LogP) is 2.16. The Morgan fingerprint density at radius 3 is 2.07 bits per heavy atom. The van der Waals surface area contributed by atoms with Crippen LogP contribution in [0.1, 0.15) is 39.5 Å². The van der Waals surface area contributed by atoms with Gasteiger partial charge >= 0.3 is 0 Å². The van der Waals surface area contributed by atoms with E-state index in [2.05, 4.69) is 19.2 Å². The Morgan fingerprint density at radius 2 is 1.60 bits per heavy atom. The number of hydrogen-bond acceptors (Lipinski definition) is 3. The van der Waals surface area contributed by atoms with Crippen LogP contribution in [0.15, 0.2) is 0 Å². The van der Waals surface area contributed by atoms with Crippen LogP contribution < -0.4 is 5.32 Å². The van der Waals surface area contributed by atoms with Crippen LogP contribution in [0.25, 0.3) is 0 Å². The summed E-state index contributed by atoms with van der Waals surface area (Å²) in [6.45, 7) is 4.46. The third-order valence-electron chi connectivity index (χ3n) is 3.39. The fourth-order valence-electron chi connectivity index (χ4n) is 2.38. The third kappa shape index (κ3) is 4.09. The SMILES string of the molecule is COC(OC)C(C)NC1CCC(C)CC1. The lowest BCUT2D eigenvalue weighted by atomic mass is 9.87. The zero-order valence-electron chi connectivity index (χ0n) is 10.5. The largest absolute Gasteiger partial charge is 0.354 e. The van der Waals surface area contributed by atoms with Crippen LogP contribution in [-0.4, -0.2) is 32.6 Å². The van der Waals surface area contributed by atoms with Crippen LogP contribution in [-0.2, 0) is 9.47 Å². The summed E-state index contributed by atoms with van der Waals surface area (Å²) >= 11 is 0. The molecular formula is C12H25NO2. The Hall–Kier alpha value is -0.120. The summed E-state index contributed by atoms with van der Waals surface area (Å²) in [4.78, 5) is 0. The Balaban J connectivity index is 2.28. The molecule has 1 rings (SSSR count). The van der Waals surface area contributed by atoms with E-state index in [9.17, 15) is 0 Å². The van der Waals surface area contributed by atoms with E-state index >= 15 is 0 Å². The van der Waals surface area contributed by atoms with Gasteiger partial charge in [0.25, 0.3) is 0 Å². The molecule has 0 amide bonds. The molecule has 0 aromatic rings. The molecule has 1 atom stereocenters. The summed E-state index contributed by atoms with van der Waals surface area (Å²) in [5.74, 6) is 0.902. The van der Waals surface area contributed by atoms with Crippen LogP contribution in [0.5, 0.6) is 0 Å². The van der Waals surface area contributed by atoms with Crippen LogP contribution in [0.3, 0.4) is 0 Å². The molecule has 0 aliphatic heterocycles. The van der Waals surface area contributed by atoms with Crippen molar-refractivity contribution >= 4 is 0 Å². The van der Waals surface area contributed by atoms with Crippen LogP contribution in [0, 0.1) is 5.92 Å². The minimum absolute atomic E-state index is 0.135. The summed E-state index contributed by atoms with van der Waals surface area (Å²) in [5.41, 5.74) is 0. The van der Waals surface area contributed by atoms with Crippen molar-refractivity contribution in [3.8, 4) is 0 Å². The first kappa shape index (κ1) is 12.9. The molecule has 0 spiro atoms. The molecule has 1 aliphatic rings. The minimum Gasteiger partial charge on any atom is -0.354 e. The van der Waals surface area contributed by atoms with Crippen molar-refractivity contribution < 1.29 is 9.47 Å². The van der Waals surface area contributed by atoms with Gasteiger partial charge in [0, 0.05) is 20.3 Å². The molecule has 15 heavy (non-hydrogen) atoms. The van der Waals surface area contributed by atoms with Crippen molar-refractivity contribution in [3.63, 3.8) is 0 Å². The molecule has 0 aromatic carbocycles. The molecule has 3 nitrogen and oxygen atoms in total. The molecule has 90 valence electrons. The van der Waals surface area contributed by atoms with Crippen molar-refractivity contribution in [1.82, 2.24) is 5.32 Å². The molecule has 0 aromatic heterocycles. The Bertz CT molecular complexity index is 163. The van der Waals surface area contributed by atoms with Gasteiger partial charge < -0.3 is 14.8 Å². The first-order chi connectivity index (χ1) is 7.17. The zero-order valence-corrected chi connectivity index (χ0v) is 10.5. The average molecular weight is 215 g/mol. The molecule has 1 aliphatic carbocycles. The van der Waals surface area contributed by atoms with Crippen molar-refractivity contribution in [2.75, 3.05) is 14.2 Å². The van der Waals surface area contributed by atoms with Crippen molar-refractivity contribution in [2.45, 2.75) is 57.9 Å². The smallest absolute Gasteiger partial charge is 0.171 e. The van der Waals surface area contributed by atoms with Gasteiger partial charge in [0.2, 0.25) is 0 Å². The molecule has 0 heterocycles. The zero-order chi connectivity index (χ0) is 11.3. The van der Waals surface area contributed by atoms with Gasteiger partial charge in [-0.3, -0.25) is 0 Å². The normalized spacial score (nSPS) is 29.4. The lowest BCUT2D eigenvalue weighted by Gasteiger charge is -2.31. The molecule has 1 saturated carbocycles. The average Bonchev–Trinajstić information content (AvgIpc) is 2.23. The van der Waals surface area contributed by atoms with E-state index in [4.69, 9.17) is 9.47 Å². The van der Waals surface area contributed by atoms with Crippen LogP contribution in [0.2, 0.25) is 0 Å². The van der Waals surface area contributed by atoms with E-state index in [-0.39, 0.29) is 12.3 Å². The molecule has 3 heteroatoms. The summed E-state index contributed by atoms with van der Waals surface area (Å²) in [6.07, 6.45) is 5.12. The van der Waals surface area contributed by atoms with Crippen molar-refractivity contribution in [1.29, 1.82) is 0 Å². The second-order valence-corrected chi connectivity index (χ2v) is 4.75. The summed E-state index contributed by atoms with van der Waals surface area (Å²) in [7, 11) is 3.38. The van der Waals surface area contributed by atoms with E-state index in [0.717, 1.165) is 5.92 Å². The van der Waals surface area contributed by atoms with Gasteiger partial charge in [-0.25, -0.2) is 0 Å². The standard InChI is InChI=1S/C12H25NO2/c1-9-5-7-11(8-6-9)13-10(2)12(14-3)15-4/h9-13H,5-8H2,1-4H3. The highest BCUT2D eigenvalue weighted by atomic mass is 16.7. The van der Waals surface area contributed by atoms with Gasteiger partial charge in [0.15, 0.2) is 6.29 Å². The fourth-order valence-corrected chi connectivity index (χ4v) is 2.38. The lowest BCUT2D eigenvalue weighted by Crippen LogP contribution is -2.46.